The van der Waals surface area contributed by atoms with Gasteiger partial charge in [0.25, 0.3) is 0 Å². The van der Waals surface area contributed by atoms with Gasteiger partial charge in [-0.05, 0) is 30.0 Å². The Morgan fingerprint density at radius 2 is 1.85 bits per heavy atom. The minimum atomic E-state index is -1.67. The van der Waals surface area contributed by atoms with Crippen molar-refractivity contribution >= 4 is 15.4 Å². The molecule has 1 rings (SSSR count). The van der Waals surface area contributed by atoms with Gasteiger partial charge >= 0.3 is 9.28 Å². The van der Waals surface area contributed by atoms with E-state index in [9.17, 15) is 0 Å². The third-order valence-electron chi connectivity index (χ3n) is 2.73. The monoisotopic (exact) mass is 294 g/mol. The van der Waals surface area contributed by atoms with Crippen LogP contribution in [0, 0.1) is 0 Å². The van der Waals surface area contributed by atoms with E-state index in [1.165, 1.54) is 0 Å². The minimum Gasteiger partial charge on any atom is -0.395 e. The SMILES string of the molecule is C=Cc1cccc(COC[SiH](OCCC)OCCC)c1. The molecule has 0 fully saturated rings. The summed E-state index contributed by atoms with van der Waals surface area (Å²) in [5.74, 6) is 0. The lowest BCUT2D eigenvalue weighted by atomic mass is 10.1. The van der Waals surface area contributed by atoms with Gasteiger partial charge in [-0.15, -0.1) is 0 Å². The molecule has 112 valence electrons. The highest BCUT2D eigenvalue weighted by molar-refractivity contribution is 6.44. The molecule has 20 heavy (non-hydrogen) atoms. The van der Waals surface area contributed by atoms with Crippen LogP contribution in [0.5, 0.6) is 0 Å². The van der Waals surface area contributed by atoms with E-state index in [2.05, 4.69) is 32.6 Å². The van der Waals surface area contributed by atoms with Crippen LogP contribution in [0.3, 0.4) is 0 Å². The summed E-state index contributed by atoms with van der Waals surface area (Å²) in [6.45, 7) is 10.1. The van der Waals surface area contributed by atoms with Crippen molar-refractivity contribution in [3.05, 3.63) is 42.0 Å². The van der Waals surface area contributed by atoms with E-state index in [1.807, 2.05) is 18.2 Å². The summed E-state index contributed by atoms with van der Waals surface area (Å²) in [5, 5.41) is 0. The van der Waals surface area contributed by atoms with Crippen molar-refractivity contribution in [2.45, 2.75) is 33.3 Å². The molecule has 0 aliphatic carbocycles. The quantitative estimate of drug-likeness (QED) is 0.585. The molecule has 0 N–H and O–H groups in total. The van der Waals surface area contributed by atoms with Gasteiger partial charge in [0.2, 0.25) is 0 Å². The second-order valence-corrected chi connectivity index (χ2v) is 6.49. The van der Waals surface area contributed by atoms with Crippen molar-refractivity contribution in [2.75, 3.05) is 19.4 Å². The minimum absolute atomic E-state index is 0.593. The summed E-state index contributed by atoms with van der Waals surface area (Å²) in [4.78, 5) is 0. The summed E-state index contributed by atoms with van der Waals surface area (Å²) in [6, 6.07) is 8.20. The molecule has 0 aliphatic rings. The fraction of sp³-hybridized carbons (Fsp3) is 0.500. The van der Waals surface area contributed by atoms with Crippen LogP contribution in [0.2, 0.25) is 0 Å². The molecular weight excluding hydrogens is 268 g/mol. The normalized spacial score (nSPS) is 10.9. The van der Waals surface area contributed by atoms with E-state index in [0.29, 0.717) is 12.8 Å². The number of rotatable bonds is 11. The summed E-state index contributed by atoms with van der Waals surface area (Å²) < 4.78 is 17.3. The van der Waals surface area contributed by atoms with Crippen LogP contribution in [0.25, 0.3) is 6.08 Å². The summed E-state index contributed by atoms with van der Waals surface area (Å²) in [5.41, 5.74) is 2.27. The third kappa shape index (κ3) is 7.00. The van der Waals surface area contributed by atoms with Crippen molar-refractivity contribution in [2.24, 2.45) is 0 Å². The lowest BCUT2D eigenvalue weighted by Gasteiger charge is -2.16. The van der Waals surface area contributed by atoms with Gasteiger partial charge in [0.05, 0.1) is 12.8 Å². The Bertz CT molecular complexity index is 374. The zero-order chi connectivity index (χ0) is 14.6. The third-order valence-corrected chi connectivity index (χ3v) is 4.45. The van der Waals surface area contributed by atoms with E-state index in [4.69, 9.17) is 13.6 Å². The van der Waals surface area contributed by atoms with E-state index in [0.717, 1.165) is 37.2 Å². The van der Waals surface area contributed by atoms with E-state index in [-0.39, 0.29) is 0 Å². The predicted octanol–water partition coefficient (Wildman–Crippen LogP) is 3.46. The largest absolute Gasteiger partial charge is 0.395 e. The van der Waals surface area contributed by atoms with E-state index < -0.39 is 9.28 Å². The Balaban J connectivity index is 2.35. The van der Waals surface area contributed by atoms with E-state index in [1.54, 1.807) is 0 Å². The van der Waals surface area contributed by atoms with Crippen molar-refractivity contribution in [3.63, 3.8) is 0 Å². The average molecular weight is 294 g/mol. The van der Waals surface area contributed by atoms with Crippen LogP contribution < -0.4 is 0 Å². The maximum Gasteiger partial charge on any atom is 0.348 e. The Labute approximate surface area is 124 Å². The highest BCUT2D eigenvalue weighted by Crippen LogP contribution is 2.08. The lowest BCUT2D eigenvalue weighted by Crippen LogP contribution is -2.30. The molecule has 0 spiro atoms. The van der Waals surface area contributed by atoms with Crippen LogP contribution in [0.1, 0.15) is 37.8 Å². The van der Waals surface area contributed by atoms with Gasteiger partial charge in [-0.1, -0.05) is 44.7 Å². The number of ether oxygens (including phenoxy) is 1. The molecule has 0 amide bonds. The van der Waals surface area contributed by atoms with Gasteiger partial charge in [0.15, 0.2) is 0 Å². The highest BCUT2D eigenvalue weighted by Gasteiger charge is 2.13. The zero-order valence-electron chi connectivity index (χ0n) is 12.6. The van der Waals surface area contributed by atoms with Crippen LogP contribution in [-0.4, -0.2) is 28.7 Å². The Kier molecular flexibility index (Phi) is 9.24. The van der Waals surface area contributed by atoms with Crippen molar-refractivity contribution in [1.82, 2.24) is 0 Å². The van der Waals surface area contributed by atoms with Gasteiger partial charge < -0.3 is 13.6 Å². The summed E-state index contributed by atoms with van der Waals surface area (Å²) in [7, 11) is -1.67. The number of hydrogen-bond acceptors (Lipinski definition) is 3. The molecule has 0 aromatic heterocycles. The molecule has 1 aromatic rings. The Morgan fingerprint density at radius 3 is 2.45 bits per heavy atom. The maximum absolute atomic E-state index is 5.75. The molecule has 0 bridgehead atoms. The number of benzene rings is 1. The first-order valence-corrected chi connectivity index (χ1v) is 9.08. The van der Waals surface area contributed by atoms with Crippen LogP contribution in [0.4, 0.5) is 0 Å². The summed E-state index contributed by atoms with van der Waals surface area (Å²) >= 11 is 0. The molecular formula is C16H26O3Si. The number of hydrogen-bond donors (Lipinski definition) is 0. The molecule has 0 radical (unpaired) electrons. The van der Waals surface area contributed by atoms with Gasteiger partial charge in [-0.3, -0.25) is 0 Å². The predicted molar refractivity (Wildman–Crippen MR) is 85.8 cm³/mol. The molecule has 3 nitrogen and oxygen atoms in total. The van der Waals surface area contributed by atoms with Gasteiger partial charge in [0.1, 0.15) is 0 Å². The molecule has 0 saturated heterocycles. The van der Waals surface area contributed by atoms with E-state index >= 15 is 0 Å². The van der Waals surface area contributed by atoms with Crippen LogP contribution in [-0.2, 0) is 20.2 Å². The van der Waals surface area contributed by atoms with Gasteiger partial charge in [0, 0.05) is 13.2 Å². The van der Waals surface area contributed by atoms with Crippen LogP contribution in [0.15, 0.2) is 30.8 Å². The first-order chi connectivity index (χ1) is 9.80. The smallest absolute Gasteiger partial charge is 0.348 e. The van der Waals surface area contributed by atoms with Gasteiger partial charge in [-0.2, -0.15) is 0 Å². The second-order valence-electron chi connectivity index (χ2n) is 4.64. The van der Waals surface area contributed by atoms with Crippen molar-refractivity contribution in [1.29, 1.82) is 0 Å². The second kappa shape index (κ2) is 10.8. The average Bonchev–Trinajstić information content (AvgIpc) is 2.49. The zero-order valence-corrected chi connectivity index (χ0v) is 13.8. The van der Waals surface area contributed by atoms with Crippen molar-refractivity contribution in [3.8, 4) is 0 Å². The van der Waals surface area contributed by atoms with Gasteiger partial charge in [-0.25, -0.2) is 0 Å². The van der Waals surface area contributed by atoms with Crippen molar-refractivity contribution < 1.29 is 13.6 Å². The molecule has 0 heterocycles. The molecule has 0 unspecified atom stereocenters. The highest BCUT2D eigenvalue weighted by atomic mass is 28.3. The Morgan fingerprint density at radius 1 is 1.15 bits per heavy atom. The first-order valence-electron chi connectivity index (χ1n) is 7.32. The maximum atomic E-state index is 5.75. The fourth-order valence-corrected chi connectivity index (χ4v) is 3.32. The summed E-state index contributed by atoms with van der Waals surface area (Å²) in [6.07, 6.45) is 4.47. The molecule has 0 aliphatic heterocycles. The Hall–Kier alpha value is -0.943. The topological polar surface area (TPSA) is 27.7 Å². The first kappa shape index (κ1) is 17.1. The van der Waals surface area contributed by atoms with Crippen LogP contribution >= 0.6 is 0 Å². The molecule has 0 saturated carbocycles. The molecule has 4 heteroatoms. The standard InChI is InChI=1S/C16H26O3Si/c1-4-10-18-20(19-11-5-2)14-17-13-16-9-7-8-15(6-3)12-16/h6-9,12,20H,3-5,10-11,13-14H2,1-2H3. The molecule has 1 aromatic carbocycles. The molecule has 0 atom stereocenters. The lowest BCUT2D eigenvalue weighted by molar-refractivity contribution is 0.110. The fourth-order valence-electron chi connectivity index (χ4n) is 1.73.